The minimum absolute atomic E-state index is 0.00231. The first-order chi connectivity index (χ1) is 4.24. The van der Waals surface area contributed by atoms with Gasteiger partial charge in [-0.3, -0.25) is 4.79 Å². The third-order valence-electron chi connectivity index (χ3n) is 1.74. The third kappa shape index (κ3) is 1.21. The molecule has 0 aromatic carbocycles. The van der Waals surface area contributed by atoms with Crippen LogP contribution < -0.4 is 5.32 Å². The molecule has 1 heterocycles. The predicted octanol–water partition coefficient (Wildman–Crippen LogP) is -0.497. The van der Waals surface area contributed by atoms with E-state index in [0.717, 1.165) is 0 Å². The van der Waals surface area contributed by atoms with E-state index in [1.165, 1.54) is 0 Å². The lowest BCUT2D eigenvalue weighted by Crippen LogP contribution is -2.31. The van der Waals surface area contributed by atoms with Crippen LogP contribution in [0.25, 0.3) is 0 Å². The fourth-order valence-electron chi connectivity index (χ4n) is 1.07. The zero-order chi connectivity index (χ0) is 6.85. The van der Waals surface area contributed by atoms with E-state index in [2.05, 4.69) is 5.32 Å². The lowest BCUT2D eigenvalue weighted by Gasteiger charge is -2.09. The van der Waals surface area contributed by atoms with Gasteiger partial charge in [0.25, 0.3) is 0 Å². The second kappa shape index (κ2) is 2.35. The van der Waals surface area contributed by atoms with E-state index in [1.807, 2.05) is 6.92 Å². The van der Waals surface area contributed by atoms with Gasteiger partial charge in [0.2, 0.25) is 5.91 Å². The van der Waals surface area contributed by atoms with Crippen molar-refractivity contribution < 1.29 is 9.90 Å². The van der Waals surface area contributed by atoms with Crippen LogP contribution in [0.4, 0.5) is 0 Å². The zero-order valence-corrected chi connectivity index (χ0v) is 5.42. The predicted molar refractivity (Wildman–Crippen MR) is 32.8 cm³/mol. The quantitative estimate of drug-likeness (QED) is 0.501. The summed E-state index contributed by atoms with van der Waals surface area (Å²) in [5.41, 5.74) is 0. The summed E-state index contributed by atoms with van der Waals surface area (Å²) in [6.07, 6.45) is 0.561. The van der Waals surface area contributed by atoms with Crippen LogP contribution in [-0.4, -0.2) is 23.7 Å². The van der Waals surface area contributed by atoms with Gasteiger partial charge in [-0.25, -0.2) is 0 Å². The molecule has 3 heteroatoms. The van der Waals surface area contributed by atoms with Gasteiger partial charge in [0.15, 0.2) is 0 Å². The van der Waals surface area contributed by atoms with Crippen molar-refractivity contribution in [3.8, 4) is 0 Å². The minimum Gasteiger partial charge on any atom is -0.394 e. The van der Waals surface area contributed by atoms with Gasteiger partial charge in [-0.15, -0.1) is 0 Å². The Morgan fingerprint density at radius 1 is 1.89 bits per heavy atom. The van der Waals surface area contributed by atoms with Crippen LogP contribution in [0.5, 0.6) is 0 Å². The summed E-state index contributed by atoms with van der Waals surface area (Å²) < 4.78 is 0. The first-order valence-corrected chi connectivity index (χ1v) is 3.14. The maximum Gasteiger partial charge on any atom is 0.220 e. The first kappa shape index (κ1) is 6.55. The van der Waals surface area contributed by atoms with Gasteiger partial charge in [-0.1, -0.05) is 6.92 Å². The minimum atomic E-state index is -0.00231. The number of amides is 1. The van der Waals surface area contributed by atoms with Gasteiger partial charge >= 0.3 is 0 Å². The summed E-state index contributed by atoms with van der Waals surface area (Å²) in [4.78, 5) is 10.6. The van der Waals surface area contributed by atoms with E-state index in [9.17, 15) is 4.79 Å². The summed E-state index contributed by atoms with van der Waals surface area (Å²) in [6.45, 7) is 2.02. The van der Waals surface area contributed by atoms with Crippen LogP contribution in [0.2, 0.25) is 0 Å². The fourth-order valence-corrected chi connectivity index (χ4v) is 1.07. The van der Waals surface area contributed by atoms with Gasteiger partial charge in [-0.05, 0) is 5.92 Å². The number of rotatable bonds is 1. The van der Waals surface area contributed by atoms with E-state index in [0.29, 0.717) is 12.3 Å². The number of nitrogens with one attached hydrogen (secondary N) is 1. The van der Waals surface area contributed by atoms with Crippen LogP contribution in [0.15, 0.2) is 0 Å². The van der Waals surface area contributed by atoms with Crippen LogP contribution in [0.3, 0.4) is 0 Å². The summed E-state index contributed by atoms with van der Waals surface area (Å²) in [5.74, 6) is 0.351. The molecule has 52 valence electrons. The largest absolute Gasteiger partial charge is 0.394 e. The van der Waals surface area contributed by atoms with Crippen LogP contribution >= 0.6 is 0 Å². The maximum atomic E-state index is 10.6. The molecule has 1 amide bonds. The average molecular weight is 129 g/mol. The number of aliphatic hydroxyl groups is 1. The van der Waals surface area contributed by atoms with Gasteiger partial charge in [-0.2, -0.15) is 0 Å². The highest BCUT2D eigenvalue weighted by molar-refractivity contribution is 5.78. The Labute approximate surface area is 54.1 Å². The SMILES string of the molecule is CC1CC(=O)NC1CO. The van der Waals surface area contributed by atoms with Crippen LogP contribution in [-0.2, 0) is 4.79 Å². The molecule has 0 radical (unpaired) electrons. The van der Waals surface area contributed by atoms with E-state index in [4.69, 9.17) is 5.11 Å². The van der Waals surface area contributed by atoms with Crippen molar-refractivity contribution in [3.63, 3.8) is 0 Å². The van der Waals surface area contributed by atoms with Crippen molar-refractivity contribution in [2.45, 2.75) is 19.4 Å². The molecule has 1 rings (SSSR count). The first-order valence-electron chi connectivity index (χ1n) is 3.14. The topological polar surface area (TPSA) is 49.3 Å². The van der Waals surface area contributed by atoms with Gasteiger partial charge in [0, 0.05) is 6.42 Å². The van der Waals surface area contributed by atoms with Gasteiger partial charge < -0.3 is 10.4 Å². The highest BCUT2D eigenvalue weighted by Crippen LogP contribution is 2.14. The van der Waals surface area contributed by atoms with Crippen molar-refractivity contribution >= 4 is 5.91 Å². The smallest absolute Gasteiger partial charge is 0.220 e. The Morgan fingerprint density at radius 3 is 2.78 bits per heavy atom. The highest BCUT2D eigenvalue weighted by atomic mass is 16.3. The lowest BCUT2D eigenvalue weighted by atomic mass is 10.0. The Morgan fingerprint density at radius 2 is 2.56 bits per heavy atom. The lowest BCUT2D eigenvalue weighted by molar-refractivity contribution is -0.119. The third-order valence-corrected chi connectivity index (χ3v) is 1.74. The standard InChI is InChI=1S/C6H11NO2/c1-4-2-6(9)7-5(4)3-8/h4-5,8H,2-3H2,1H3,(H,7,9). The number of carbonyl (C=O) groups excluding carboxylic acids is 1. The summed E-state index contributed by atoms with van der Waals surface area (Å²) in [7, 11) is 0. The second-order valence-electron chi connectivity index (χ2n) is 2.54. The van der Waals surface area contributed by atoms with Crippen molar-refractivity contribution in [2.75, 3.05) is 6.61 Å². The molecule has 3 nitrogen and oxygen atoms in total. The summed E-state index contributed by atoms with van der Waals surface area (Å²) in [6, 6.07) is -0.00231. The summed E-state index contributed by atoms with van der Waals surface area (Å²) >= 11 is 0. The molecule has 0 aliphatic carbocycles. The molecule has 0 saturated carbocycles. The maximum absolute atomic E-state index is 10.6. The molecule has 2 unspecified atom stereocenters. The number of carbonyl (C=O) groups is 1. The monoisotopic (exact) mass is 129 g/mol. The van der Waals surface area contributed by atoms with Crippen molar-refractivity contribution in [1.82, 2.24) is 5.32 Å². The summed E-state index contributed by atoms with van der Waals surface area (Å²) in [5, 5.41) is 11.3. The number of hydrogen-bond donors (Lipinski definition) is 2. The van der Waals surface area contributed by atoms with Crippen LogP contribution in [0, 0.1) is 5.92 Å². The molecule has 2 N–H and O–H groups in total. The van der Waals surface area contributed by atoms with E-state index in [1.54, 1.807) is 0 Å². The molecule has 0 spiro atoms. The molecule has 2 atom stereocenters. The van der Waals surface area contributed by atoms with Gasteiger partial charge in [0.05, 0.1) is 12.6 Å². The highest BCUT2D eigenvalue weighted by Gasteiger charge is 2.27. The van der Waals surface area contributed by atoms with E-state index >= 15 is 0 Å². The molecule has 1 aliphatic rings. The Balaban J connectivity index is 2.47. The van der Waals surface area contributed by atoms with Crippen molar-refractivity contribution in [2.24, 2.45) is 5.92 Å². The van der Waals surface area contributed by atoms with E-state index < -0.39 is 0 Å². The Bertz CT molecular complexity index is 124. The molecule has 0 aromatic heterocycles. The molecule has 9 heavy (non-hydrogen) atoms. The molecular weight excluding hydrogens is 118 g/mol. The molecule has 0 aromatic rings. The molecule has 1 saturated heterocycles. The van der Waals surface area contributed by atoms with Crippen LogP contribution in [0.1, 0.15) is 13.3 Å². The second-order valence-corrected chi connectivity index (χ2v) is 2.54. The fraction of sp³-hybridized carbons (Fsp3) is 0.833. The average Bonchev–Trinajstić information content (AvgIpc) is 2.10. The van der Waals surface area contributed by atoms with E-state index in [-0.39, 0.29) is 18.6 Å². The number of aliphatic hydroxyl groups excluding tert-OH is 1. The molecule has 0 bridgehead atoms. The molecule has 1 fully saturated rings. The Hall–Kier alpha value is -0.570. The zero-order valence-electron chi connectivity index (χ0n) is 5.42. The number of hydrogen-bond acceptors (Lipinski definition) is 2. The van der Waals surface area contributed by atoms with Gasteiger partial charge in [0.1, 0.15) is 0 Å². The molecular formula is C6H11NO2. The normalized spacial score (nSPS) is 34.7. The Kier molecular flexibility index (Phi) is 1.71. The van der Waals surface area contributed by atoms with Crippen molar-refractivity contribution in [3.05, 3.63) is 0 Å². The molecule has 1 aliphatic heterocycles. The van der Waals surface area contributed by atoms with Crippen molar-refractivity contribution in [1.29, 1.82) is 0 Å².